The number of nitrogens with two attached hydrogens (primary N) is 1. The highest BCUT2D eigenvalue weighted by Gasteiger charge is 2.34. The number of nitrogens with one attached hydrogen (secondary N) is 1. The quantitative estimate of drug-likeness (QED) is 0.730. The molecule has 18 heavy (non-hydrogen) atoms. The van der Waals surface area contributed by atoms with Crippen molar-refractivity contribution in [2.24, 2.45) is 10.7 Å². The van der Waals surface area contributed by atoms with Gasteiger partial charge in [-0.05, 0) is 32.4 Å². The molecular formula is C12H21N5O. The van der Waals surface area contributed by atoms with Gasteiger partial charge in [-0.25, -0.2) is 10.0 Å². The second kappa shape index (κ2) is 4.97. The first kappa shape index (κ1) is 12.1. The van der Waals surface area contributed by atoms with E-state index in [-0.39, 0.29) is 12.4 Å². The molecule has 6 nitrogen and oxygen atoms in total. The van der Waals surface area contributed by atoms with E-state index in [0.717, 1.165) is 38.1 Å². The minimum atomic E-state index is -0.328. The summed E-state index contributed by atoms with van der Waals surface area (Å²) in [6, 6.07) is 0. The maximum atomic E-state index is 6.13. The Bertz CT molecular complexity index is 361. The fourth-order valence-electron chi connectivity index (χ4n) is 2.68. The highest BCUT2D eigenvalue weighted by Crippen LogP contribution is 2.23. The zero-order valence-electron chi connectivity index (χ0n) is 10.7. The molecule has 3 heterocycles. The number of hydrazine groups is 1. The number of hydrogen-bond donors (Lipinski definition) is 2. The molecule has 0 radical (unpaired) electrons. The van der Waals surface area contributed by atoms with Crippen molar-refractivity contribution in [1.82, 2.24) is 15.3 Å². The van der Waals surface area contributed by atoms with Crippen LogP contribution in [0.2, 0.25) is 0 Å². The second-order valence-electron chi connectivity index (χ2n) is 4.92. The maximum absolute atomic E-state index is 6.13. The molecule has 6 heteroatoms. The molecule has 3 atom stereocenters. The van der Waals surface area contributed by atoms with Crippen molar-refractivity contribution in [3.8, 4) is 0 Å². The predicted molar refractivity (Wildman–Crippen MR) is 69.5 cm³/mol. The summed E-state index contributed by atoms with van der Waals surface area (Å²) in [6.45, 7) is 1.86. The van der Waals surface area contributed by atoms with E-state index in [1.165, 1.54) is 0 Å². The first-order valence-electron chi connectivity index (χ1n) is 6.65. The van der Waals surface area contributed by atoms with Crippen LogP contribution < -0.4 is 11.1 Å². The van der Waals surface area contributed by atoms with Crippen LogP contribution in [0, 0.1) is 0 Å². The van der Waals surface area contributed by atoms with Crippen LogP contribution in [0.1, 0.15) is 19.3 Å². The van der Waals surface area contributed by atoms with Gasteiger partial charge in [-0.2, -0.15) is 0 Å². The standard InChI is InChI=1S/C12H21N5O/c1-14-11-5-7-16(11)17-6-4-9(15-12(17)13)10-3-2-8-18-10/h4,6,10-12,14H,2-3,5,7-8,13H2,1H3/t10-,11?,12?/m0/s1. The number of ether oxygens (including phenoxy) is 1. The second-order valence-corrected chi connectivity index (χ2v) is 4.92. The van der Waals surface area contributed by atoms with Crippen LogP contribution >= 0.6 is 0 Å². The van der Waals surface area contributed by atoms with E-state index in [1.807, 2.05) is 24.3 Å². The summed E-state index contributed by atoms with van der Waals surface area (Å²) in [7, 11) is 1.97. The number of aliphatic imine (C=N–C) groups is 1. The molecule has 0 aromatic rings. The van der Waals surface area contributed by atoms with Crippen molar-refractivity contribution < 1.29 is 4.74 Å². The van der Waals surface area contributed by atoms with Crippen LogP contribution in [0.15, 0.2) is 17.3 Å². The third-order valence-corrected chi connectivity index (χ3v) is 3.83. The van der Waals surface area contributed by atoms with Crippen LogP contribution in [-0.4, -0.2) is 54.5 Å². The number of hydrogen-bond acceptors (Lipinski definition) is 6. The molecule has 0 amide bonds. The normalized spacial score (nSPS) is 36.7. The lowest BCUT2D eigenvalue weighted by Crippen LogP contribution is -2.64. The predicted octanol–water partition coefficient (Wildman–Crippen LogP) is -0.156. The van der Waals surface area contributed by atoms with E-state index in [1.54, 1.807) is 0 Å². The largest absolute Gasteiger partial charge is 0.372 e. The van der Waals surface area contributed by atoms with Gasteiger partial charge in [-0.15, -0.1) is 0 Å². The lowest BCUT2D eigenvalue weighted by atomic mass is 10.1. The molecule has 0 saturated carbocycles. The monoisotopic (exact) mass is 251 g/mol. The summed E-state index contributed by atoms with van der Waals surface area (Å²) in [5.41, 5.74) is 7.11. The van der Waals surface area contributed by atoms with Crippen molar-refractivity contribution in [3.05, 3.63) is 12.3 Å². The van der Waals surface area contributed by atoms with E-state index >= 15 is 0 Å². The van der Waals surface area contributed by atoms with Crippen molar-refractivity contribution in [2.75, 3.05) is 20.2 Å². The Kier molecular flexibility index (Phi) is 3.34. The Balaban J connectivity index is 1.66. The molecule has 3 aliphatic rings. The van der Waals surface area contributed by atoms with Crippen LogP contribution in [0.5, 0.6) is 0 Å². The summed E-state index contributed by atoms with van der Waals surface area (Å²) in [5.74, 6) is 0. The van der Waals surface area contributed by atoms with Gasteiger partial charge < -0.3 is 10.1 Å². The Morgan fingerprint density at radius 1 is 1.50 bits per heavy atom. The van der Waals surface area contributed by atoms with Gasteiger partial charge in [0.2, 0.25) is 0 Å². The van der Waals surface area contributed by atoms with Gasteiger partial charge in [-0.1, -0.05) is 0 Å². The molecule has 100 valence electrons. The lowest BCUT2D eigenvalue weighted by molar-refractivity contribution is -0.117. The van der Waals surface area contributed by atoms with Crippen LogP contribution in [0.3, 0.4) is 0 Å². The van der Waals surface area contributed by atoms with Gasteiger partial charge in [-0.3, -0.25) is 10.7 Å². The molecule has 3 N–H and O–H groups in total. The topological polar surface area (TPSA) is 66.1 Å². The van der Waals surface area contributed by atoms with Crippen LogP contribution in [0.25, 0.3) is 0 Å². The lowest BCUT2D eigenvalue weighted by Gasteiger charge is -2.49. The molecule has 0 aromatic heterocycles. The zero-order chi connectivity index (χ0) is 12.5. The highest BCUT2D eigenvalue weighted by molar-refractivity contribution is 5.99. The fraction of sp³-hybridized carbons (Fsp3) is 0.750. The van der Waals surface area contributed by atoms with Gasteiger partial charge in [0.1, 0.15) is 0 Å². The van der Waals surface area contributed by atoms with Crippen LogP contribution in [0.4, 0.5) is 0 Å². The number of nitrogens with zero attached hydrogens (tertiary/aromatic N) is 3. The molecule has 3 rings (SSSR count). The van der Waals surface area contributed by atoms with Gasteiger partial charge in [0, 0.05) is 19.4 Å². The first-order valence-corrected chi connectivity index (χ1v) is 6.65. The molecule has 0 spiro atoms. The molecule has 0 aromatic carbocycles. The zero-order valence-corrected chi connectivity index (χ0v) is 10.7. The summed E-state index contributed by atoms with van der Waals surface area (Å²) < 4.78 is 5.64. The Morgan fingerprint density at radius 2 is 2.39 bits per heavy atom. The van der Waals surface area contributed by atoms with Crippen LogP contribution in [-0.2, 0) is 4.74 Å². The fourth-order valence-corrected chi connectivity index (χ4v) is 2.68. The molecule has 2 unspecified atom stereocenters. The Morgan fingerprint density at radius 3 is 2.94 bits per heavy atom. The van der Waals surface area contributed by atoms with E-state index < -0.39 is 0 Å². The third kappa shape index (κ3) is 2.05. The Hall–Kier alpha value is -0.950. The van der Waals surface area contributed by atoms with E-state index in [0.29, 0.717) is 6.17 Å². The third-order valence-electron chi connectivity index (χ3n) is 3.83. The highest BCUT2D eigenvalue weighted by atomic mass is 16.5. The van der Waals surface area contributed by atoms with Crippen molar-refractivity contribution in [1.29, 1.82) is 0 Å². The summed E-state index contributed by atoms with van der Waals surface area (Å²) in [4.78, 5) is 4.56. The molecule has 2 saturated heterocycles. The van der Waals surface area contributed by atoms with Crippen molar-refractivity contribution >= 4 is 5.71 Å². The van der Waals surface area contributed by atoms with E-state index in [2.05, 4.69) is 15.3 Å². The molecule has 0 aliphatic carbocycles. The summed E-state index contributed by atoms with van der Waals surface area (Å²) >= 11 is 0. The molecular weight excluding hydrogens is 230 g/mol. The average Bonchev–Trinajstić information content (AvgIpc) is 2.84. The van der Waals surface area contributed by atoms with Crippen molar-refractivity contribution in [3.63, 3.8) is 0 Å². The average molecular weight is 251 g/mol. The Labute approximate surface area is 107 Å². The number of rotatable bonds is 3. The molecule has 2 fully saturated rings. The molecule has 0 bridgehead atoms. The maximum Gasteiger partial charge on any atom is 0.187 e. The van der Waals surface area contributed by atoms with E-state index in [4.69, 9.17) is 10.5 Å². The van der Waals surface area contributed by atoms with E-state index in [9.17, 15) is 0 Å². The summed E-state index contributed by atoms with van der Waals surface area (Å²) in [6.07, 6.45) is 7.57. The smallest absolute Gasteiger partial charge is 0.187 e. The van der Waals surface area contributed by atoms with Crippen molar-refractivity contribution in [2.45, 2.75) is 37.8 Å². The first-order chi connectivity index (χ1) is 8.79. The minimum Gasteiger partial charge on any atom is -0.372 e. The van der Waals surface area contributed by atoms with Gasteiger partial charge >= 0.3 is 0 Å². The minimum absolute atomic E-state index is 0.144. The SMILES string of the molecule is CNC1CCN1N1C=CC([C@@H]2CCCO2)=NC1N. The van der Waals surface area contributed by atoms with Gasteiger partial charge in [0.25, 0.3) is 0 Å². The van der Waals surface area contributed by atoms with Gasteiger partial charge in [0.05, 0.1) is 18.0 Å². The summed E-state index contributed by atoms with van der Waals surface area (Å²) in [5, 5.41) is 7.47. The molecule has 3 aliphatic heterocycles. The van der Waals surface area contributed by atoms with Gasteiger partial charge in [0.15, 0.2) is 6.29 Å².